The van der Waals surface area contributed by atoms with Crippen molar-refractivity contribution in [2.75, 3.05) is 0 Å². The van der Waals surface area contributed by atoms with Crippen molar-refractivity contribution in [3.05, 3.63) is 57.2 Å². The Bertz CT molecular complexity index is 607. The minimum absolute atomic E-state index is 0.548. The Morgan fingerprint density at radius 3 is 2.61 bits per heavy atom. The highest BCUT2D eigenvalue weighted by Gasteiger charge is 2.07. The summed E-state index contributed by atoms with van der Waals surface area (Å²) in [5.41, 5.74) is 1.60. The average Bonchev–Trinajstić information content (AvgIpc) is 2.41. The highest BCUT2D eigenvalue weighted by Crippen LogP contribution is 2.29. The van der Waals surface area contributed by atoms with E-state index in [0.29, 0.717) is 11.3 Å². The number of para-hydroxylation sites is 1. The van der Waals surface area contributed by atoms with Gasteiger partial charge in [0.15, 0.2) is 0 Å². The lowest BCUT2D eigenvalue weighted by Crippen LogP contribution is -1.91. The van der Waals surface area contributed by atoms with Crippen LogP contribution < -0.4 is 4.74 Å². The van der Waals surface area contributed by atoms with Crippen LogP contribution in [-0.4, -0.2) is 0 Å². The van der Waals surface area contributed by atoms with Gasteiger partial charge in [-0.25, -0.2) is 0 Å². The molecule has 0 radical (unpaired) electrons. The zero-order chi connectivity index (χ0) is 13.0. The van der Waals surface area contributed by atoms with Gasteiger partial charge in [0.05, 0.1) is 9.13 Å². The number of nitriles is 1. The third kappa shape index (κ3) is 3.03. The van der Waals surface area contributed by atoms with E-state index in [1.165, 1.54) is 0 Å². The number of nitrogens with zero attached hydrogens (tertiary/aromatic N) is 1. The summed E-state index contributed by atoms with van der Waals surface area (Å²) in [7, 11) is 0. The number of halogens is 2. The molecule has 0 spiro atoms. The van der Waals surface area contributed by atoms with Crippen LogP contribution in [0.4, 0.5) is 0 Å². The second kappa shape index (κ2) is 6.21. The fourth-order valence-corrected chi connectivity index (χ4v) is 2.33. The summed E-state index contributed by atoms with van der Waals surface area (Å²) in [5.74, 6) is 1.35. The van der Waals surface area contributed by atoms with Gasteiger partial charge in [-0.05, 0) is 52.4 Å². The number of hydrogen-bond donors (Lipinski definition) is 0. The summed E-state index contributed by atoms with van der Waals surface area (Å²) < 4.78 is 6.80. The maximum atomic E-state index is 9.14. The maximum absolute atomic E-state index is 9.14. The first-order valence-electron chi connectivity index (χ1n) is 5.26. The summed E-state index contributed by atoms with van der Waals surface area (Å²) in [5, 5.41) is 9.87. The minimum atomic E-state index is 0.548. The van der Waals surface area contributed by atoms with Crippen LogP contribution in [0, 0.1) is 14.9 Å². The first kappa shape index (κ1) is 13.4. The lowest BCUT2D eigenvalue weighted by atomic mass is 10.1. The quantitative estimate of drug-likeness (QED) is 0.532. The molecular weight excluding hydrogens is 405 g/mol. The normalized spacial score (nSPS) is 9.83. The Morgan fingerprint density at radius 2 is 1.94 bits per heavy atom. The molecule has 0 atom stereocenters. The molecule has 0 unspecified atom stereocenters. The molecular formula is C14H9BrINO. The van der Waals surface area contributed by atoms with E-state index in [-0.39, 0.29) is 0 Å². The monoisotopic (exact) mass is 413 g/mol. The number of rotatable bonds is 3. The minimum Gasteiger partial charge on any atom is -0.455 e. The van der Waals surface area contributed by atoms with Crippen LogP contribution in [0.1, 0.15) is 11.1 Å². The van der Waals surface area contributed by atoms with Crippen molar-refractivity contribution in [3.63, 3.8) is 0 Å². The second-order valence-corrected chi connectivity index (χ2v) is 5.33. The van der Waals surface area contributed by atoms with E-state index in [1.807, 2.05) is 42.5 Å². The molecule has 0 bridgehead atoms. The summed E-state index contributed by atoms with van der Waals surface area (Å²) in [6.45, 7) is 0. The van der Waals surface area contributed by atoms with Crippen molar-refractivity contribution in [1.29, 1.82) is 5.26 Å². The van der Waals surface area contributed by atoms with Crippen LogP contribution in [0.25, 0.3) is 0 Å². The molecule has 4 heteroatoms. The van der Waals surface area contributed by atoms with Crippen LogP contribution in [0.2, 0.25) is 0 Å². The fraction of sp³-hybridized carbons (Fsp3) is 0.0714. The molecule has 0 aliphatic carbocycles. The van der Waals surface area contributed by atoms with E-state index in [2.05, 4.69) is 44.6 Å². The summed E-state index contributed by atoms with van der Waals surface area (Å²) in [6.07, 6.45) is 0. The molecule has 2 nitrogen and oxygen atoms in total. The van der Waals surface area contributed by atoms with Gasteiger partial charge in [-0.2, -0.15) is 5.26 Å². The zero-order valence-corrected chi connectivity index (χ0v) is 13.1. The zero-order valence-electron chi connectivity index (χ0n) is 9.36. The fourth-order valence-electron chi connectivity index (χ4n) is 1.48. The van der Waals surface area contributed by atoms with Crippen molar-refractivity contribution >= 4 is 38.5 Å². The third-order valence-electron chi connectivity index (χ3n) is 2.38. The number of ether oxygens (including phenoxy) is 1. The molecule has 0 amide bonds. The molecule has 0 saturated carbocycles. The van der Waals surface area contributed by atoms with Crippen LogP contribution in [0.5, 0.6) is 11.5 Å². The van der Waals surface area contributed by atoms with E-state index in [4.69, 9.17) is 10.00 Å². The summed E-state index contributed by atoms with van der Waals surface area (Å²) in [4.78, 5) is 0. The lowest BCUT2D eigenvalue weighted by molar-refractivity contribution is 0.477. The SMILES string of the molecule is N#Cc1cc(CBr)ccc1Oc1ccccc1I. The smallest absolute Gasteiger partial charge is 0.145 e. The predicted molar refractivity (Wildman–Crippen MR) is 83.0 cm³/mol. The molecule has 0 N–H and O–H groups in total. The number of alkyl halides is 1. The van der Waals surface area contributed by atoms with Gasteiger partial charge in [-0.1, -0.05) is 34.1 Å². The van der Waals surface area contributed by atoms with Crippen molar-refractivity contribution in [2.24, 2.45) is 0 Å². The molecule has 0 aliphatic rings. The number of benzene rings is 2. The number of hydrogen-bond acceptors (Lipinski definition) is 2. The van der Waals surface area contributed by atoms with E-state index < -0.39 is 0 Å². The lowest BCUT2D eigenvalue weighted by Gasteiger charge is -2.09. The Hall–Kier alpha value is -1.06. The highest BCUT2D eigenvalue weighted by molar-refractivity contribution is 14.1. The molecule has 0 fully saturated rings. The largest absolute Gasteiger partial charge is 0.455 e. The molecule has 2 aromatic rings. The molecule has 0 heterocycles. The van der Waals surface area contributed by atoms with Crippen LogP contribution in [0.15, 0.2) is 42.5 Å². The van der Waals surface area contributed by atoms with E-state index in [0.717, 1.165) is 20.2 Å². The molecule has 0 saturated heterocycles. The Morgan fingerprint density at radius 1 is 1.17 bits per heavy atom. The van der Waals surface area contributed by atoms with Crippen molar-refractivity contribution in [3.8, 4) is 17.6 Å². The van der Waals surface area contributed by atoms with E-state index in [9.17, 15) is 0 Å². The van der Waals surface area contributed by atoms with Crippen LogP contribution in [0.3, 0.4) is 0 Å². The Kier molecular flexibility index (Phi) is 4.61. The van der Waals surface area contributed by atoms with Gasteiger partial charge in [0.1, 0.15) is 17.6 Å². The van der Waals surface area contributed by atoms with Gasteiger partial charge in [0.25, 0.3) is 0 Å². The van der Waals surface area contributed by atoms with Gasteiger partial charge in [0, 0.05) is 5.33 Å². The summed E-state index contributed by atoms with van der Waals surface area (Å²) >= 11 is 5.58. The van der Waals surface area contributed by atoms with Gasteiger partial charge < -0.3 is 4.74 Å². The standard InChI is InChI=1S/C14H9BrINO/c15-8-10-5-6-13(11(7-10)9-17)18-14-4-2-1-3-12(14)16/h1-7H,8H2. The van der Waals surface area contributed by atoms with Crippen molar-refractivity contribution < 1.29 is 4.74 Å². The molecule has 2 aromatic carbocycles. The Labute approximate surface area is 128 Å². The molecule has 0 aliphatic heterocycles. The van der Waals surface area contributed by atoms with Gasteiger partial charge in [0.2, 0.25) is 0 Å². The molecule has 18 heavy (non-hydrogen) atoms. The van der Waals surface area contributed by atoms with Gasteiger partial charge in [-0.3, -0.25) is 0 Å². The Balaban J connectivity index is 2.35. The molecule has 90 valence electrons. The first-order valence-corrected chi connectivity index (χ1v) is 7.46. The second-order valence-electron chi connectivity index (χ2n) is 3.61. The van der Waals surface area contributed by atoms with Gasteiger partial charge in [-0.15, -0.1) is 0 Å². The van der Waals surface area contributed by atoms with Crippen molar-refractivity contribution in [1.82, 2.24) is 0 Å². The molecule has 2 rings (SSSR count). The highest BCUT2D eigenvalue weighted by atomic mass is 127. The van der Waals surface area contributed by atoms with E-state index >= 15 is 0 Å². The first-order chi connectivity index (χ1) is 8.74. The summed E-state index contributed by atoms with van der Waals surface area (Å²) in [6, 6.07) is 15.5. The average molecular weight is 414 g/mol. The van der Waals surface area contributed by atoms with Crippen LogP contribution in [-0.2, 0) is 5.33 Å². The maximum Gasteiger partial charge on any atom is 0.145 e. The molecule has 0 aromatic heterocycles. The topological polar surface area (TPSA) is 33.0 Å². The van der Waals surface area contributed by atoms with E-state index in [1.54, 1.807) is 0 Å². The third-order valence-corrected chi connectivity index (χ3v) is 3.91. The van der Waals surface area contributed by atoms with Crippen LogP contribution >= 0.6 is 38.5 Å². The van der Waals surface area contributed by atoms with Gasteiger partial charge >= 0.3 is 0 Å². The predicted octanol–water partition coefficient (Wildman–Crippen LogP) is 4.85. The van der Waals surface area contributed by atoms with Crippen molar-refractivity contribution in [2.45, 2.75) is 5.33 Å².